The van der Waals surface area contributed by atoms with Gasteiger partial charge in [0.15, 0.2) is 0 Å². The lowest BCUT2D eigenvalue weighted by Gasteiger charge is -2.49. The molecule has 2 fully saturated rings. The van der Waals surface area contributed by atoms with Gasteiger partial charge in [0.05, 0.1) is 12.2 Å². The molecule has 2 nitrogen and oxygen atoms in total. The van der Waals surface area contributed by atoms with Crippen molar-refractivity contribution >= 4 is 0 Å². The lowest BCUT2D eigenvalue weighted by Crippen LogP contribution is -2.62. The molecular weight excluding hydrogens is 198 g/mol. The van der Waals surface area contributed by atoms with Crippen molar-refractivity contribution in [1.82, 2.24) is 5.32 Å². The molecule has 16 heavy (non-hydrogen) atoms. The van der Waals surface area contributed by atoms with E-state index in [0.29, 0.717) is 5.54 Å². The van der Waals surface area contributed by atoms with Gasteiger partial charge in [0.1, 0.15) is 0 Å². The van der Waals surface area contributed by atoms with Crippen LogP contribution in [-0.2, 0) is 4.74 Å². The maximum atomic E-state index is 6.23. The number of nitrogens with one attached hydrogen (secondary N) is 1. The molecule has 1 aliphatic carbocycles. The molecule has 2 aliphatic rings. The molecule has 94 valence electrons. The van der Waals surface area contributed by atoms with Gasteiger partial charge in [-0.1, -0.05) is 20.8 Å². The third-order valence-corrected chi connectivity index (χ3v) is 4.96. The Morgan fingerprint density at radius 2 is 1.81 bits per heavy atom. The summed E-state index contributed by atoms with van der Waals surface area (Å²) in [6.45, 7) is 8.84. The molecule has 1 aliphatic heterocycles. The summed E-state index contributed by atoms with van der Waals surface area (Å²) in [5, 5.41) is 3.82. The summed E-state index contributed by atoms with van der Waals surface area (Å²) in [5.41, 5.74) is 0.439. The van der Waals surface area contributed by atoms with E-state index in [4.69, 9.17) is 4.74 Å². The summed E-state index contributed by atoms with van der Waals surface area (Å²) in [7, 11) is 0. The number of morpholine rings is 1. The Kier molecular flexibility index (Phi) is 3.60. The van der Waals surface area contributed by atoms with Crippen molar-refractivity contribution in [3.63, 3.8) is 0 Å². The zero-order valence-electron chi connectivity index (χ0n) is 11.1. The highest BCUT2D eigenvalue weighted by Gasteiger charge is 2.42. The van der Waals surface area contributed by atoms with Gasteiger partial charge in [-0.3, -0.25) is 0 Å². The molecule has 2 rings (SSSR count). The molecule has 0 radical (unpaired) electrons. The van der Waals surface area contributed by atoms with Crippen LogP contribution in [0.15, 0.2) is 0 Å². The second-order valence-corrected chi connectivity index (χ2v) is 6.00. The standard InChI is InChI=1S/C14H27NO/c1-4-14(5-2)10-15-13(11-16-14)8-6-12(3)7-9-13/h12,15H,4-11H2,1-3H3. The molecule has 1 saturated heterocycles. The van der Waals surface area contributed by atoms with E-state index >= 15 is 0 Å². The van der Waals surface area contributed by atoms with Crippen molar-refractivity contribution < 1.29 is 4.74 Å². The Hall–Kier alpha value is -0.0800. The normalized spacial score (nSPS) is 38.8. The molecule has 1 saturated carbocycles. The van der Waals surface area contributed by atoms with E-state index < -0.39 is 0 Å². The van der Waals surface area contributed by atoms with Crippen LogP contribution >= 0.6 is 0 Å². The van der Waals surface area contributed by atoms with Crippen LogP contribution in [0, 0.1) is 5.92 Å². The van der Waals surface area contributed by atoms with Crippen LogP contribution in [0.2, 0.25) is 0 Å². The monoisotopic (exact) mass is 225 g/mol. The summed E-state index contributed by atoms with van der Waals surface area (Å²) in [5.74, 6) is 0.913. The first kappa shape index (κ1) is 12.4. The molecule has 0 bridgehead atoms. The first-order valence-electron chi connectivity index (χ1n) is 7.03. The first-order chi connectivity index (χ1) is 7.64. The summed E-state index contributed by atoms with van der Waals surface area (Å²) in [4.78, 5) is 0. The van der Waals surface area contributed by atoms with Crippen LogP contribution < -0.4 is 5.32 Å². The fourth-order valence-electron chi connectivity index (χ4n) is 3.08. The fraction of sp³-hybridized carbons (Fsp3) is 1.00. The lowest BCUT2D eigenvalue weighted by atomic mass is 9.76. The predicted octanol–water partition coefficient (Wildman–Crippen LogP) is 3.11. The molecule has 0 unspecified atom stereocenters. The average Bonchev–Trinajstić information content (AvgIpc) is 2.35. The Morgan fingerprint density at radius 3 is 2.25 bits per heavy atom. The van der Waals surface area contributed by atoms with Gasteiger partial charge >= 0.3 is 0 Å². The highest BCUT2D eigenvalue weighted by atomic mass is 16.5. The molecule has 1 spiro atoms. The van der Waals surface area contributed by atoms with Crippen LogP contribution in [0.25, 0.3) is 0 Å². The first-order valence-corrected chi connectivity index (χ1v) is 7.03. The van der Waals surface area contributed by atoms with E-state index in [9.17, 15) is 0 Å². The summed E-state index contributed by atoms with van der Waals surface area (Å²) in [6.07, 6.45) is 7.59. The maximum absolute atomic E-state index is 6.23. The second-order valence-electron chi connectivity index (χ2n) is 6.00. The maximum Gasteiger partial charge on any atom is 0.0802 e. The lowest BCUT2D eigenvalue weighted by molar-refractivity contribution is -0.121. The van der Waals surface area contributed by atoms with E-state index in [0.717, 1.165) is 31.9 Å². The number of ether oxygens (including phenoxy) is 1. The van der Waals surface area contributed by atoms with E-state index in [1.807, 2.05) is 0 Å². The van der Waals surface area contributed by atoms with Gasteiger partial charge in [0, 0.05) is 12.1 Å². The van der Waals surface area contributed by atoms with Crippen molar-refractivity contribution in [3.8, 4) is 0 Å². The van der Waals surface area contributed by atoms with Crippen LogP contribution in [-0.4, -0.2) is 24.3 Å². The van der Waals surface area contributed by atoms with Crippen LogP contribution in [0.1, 0.15) is 59.3 Å². The molecule has 0 aromatic carbocycles. The Bertz CT molecular complexity index is 215. The van der Waals surface area contributed by atoms with Gasteiger partial charge < -0.3 is 10.1 Å². The third kappa shape index (κ3) is 2.28. The van der Waals surface area contributed by atoms with Crippen LogP contribution in [0.4, 0.5) is 0 Å². The smallest absolute Gasteiger partial charge is 0.0802 e. The van der Waals surface area contributed by atoms with Crippen molar-refractivity contribution in [1.29, 1.82) is 0 Å². The van der Waals surface area contributed by atoms with E-state index in [1.165, 1.54) is 25.7 Å². The summed E-state index contributed by atoms with van der Waals surface area (Å²) in [6, 6.07) is 0. The minimum Gasteiger partial charge on any atom is -0.372 e. The van der Waals surface area contributed by atoms with Gasteiger partial charge in [-0.15, -0.1) is 0 Å². The molecule has 0 aromatic rings. The molecule has 0 amide bonds. The van der Waals surface area contributed by atoms with Gasteiger partial charge in [-0.25, -0.2) is 0 Å². The van der Waals surface area contributed by atoms with Gasteiger partial charge in [0.2, 0.25) is 0 Å². The summed E-state index contributed by atoms with van der Waals surface area (Å²) < 4.78 is 6.23. The van der Waals surface area contributed by atoms with E-state index in [1.54, 1.807) is 0 Å². The minimum absolute atomic E-state index is 0.119. The van der Waals surface area contributed by atoms with Gasteiger partial charge in [-0.05, 0) is 44.4 Å². The zero-order valence-corrected chi connectivity index (χ0v) is 11.1. The summed E-state index contributed by atoms with van der Waals surface area (Å²) >= 11 is 0. The van der Waals surface area contributed by atoms with Crippen molar-refractivity contribution in [2.45, 2.75) is 70.4 Å². The van der Waals surface area contributed by atoms with Crippen molar-refractivity contribution in [2.24, 2.45) is 5.92 Å². The van der Waals surface area contributed by atoms with Gasteiger partial charge in [-0.2, -0.15) is 0 Å². The Morgan fingerprint density at radius 1 is 1.19 bits per heavy atom. The van der Waals surface area contributed by atoms with E-state index in [-0.39, 0.29) is 5.60 Å². The highest BCUT2D eigenvalue weighted by Crippen LogP contribution is 2.37. The molecule has 0 aromatic heterocycles. The molecule has 0 atom stereocenters. The molecule has 1 heterocycles. The van der Waals surface area contributed by atoms with Crippen molar-refractivity contribution in [2.75, 3.05) is 13.2 Å². The van der Waals surface area contributed by atoms with Crippen LogP contribution in [0.5, 0.6) is 0 Å². The third-order valence-electron chi connectivity index (χ3n) is 4.96. The number of hydrogen-bond donors (Lipinski definition) is 1. The Labute approximate surface area is 100 Å². The Balaban J connectivity index is 1.93. The van der Waals surface area contributed by atoms with E-state index in [2.05, 4.69) is 26.1 Å². The predicted molar refractivity (Wildman–Crippen MR) is 67.6 cm³/mol. The quantitative estimate of drug-likeness (QED) is 0.779. The fourth-order valence-corrected chi connectivity index (χ4v) is 3.08. The minimum atomic E-state index is 0.119. The number of hydrogen-bond acceptors (Lipinski definition) is 2. The average molecular weight is 225 g/mol. The SMILES string of the molecule is CCC1(CC)CNC2(CCC(C)CC2)CO1. The molecule has 1 N–H and O–H groups in total. The molecule has 2 heteroatoms. The zero-order chi connectivity index (χ0) is 11.6. The number of rotatable bonds is 2. The highest BCUT2D eigenvalue weighted by molar-refractivity contribution is 4.99. The van der Waals surface area contributed by atoms with Gasteiger partial charge in [0.25, 0.3) is 0 Å². The topological polar surface area (TPSA) is 21.3 Å². The van der Waals surface area contributed by atoms with Crippen molar-refractivity contribution in [3.05, 3.63) is 0 Å². The molecular formula is C14H27NO. The largest absolute Gasteiger partial charge is 0.372 e. The van der Waals surface area contributed by atoms with Crippen LogP contribution in [0.3, 0.4) is 0 Å². The second kappa shape index (κ2) is 4.66.